The third-order valence-corrected chi connectivity index (χ3v) is 23.6. The van der Waals surface area contributed by atoms with E-state index in [4.69, 9.17) is 75.4 Å². The largest absolute Gasteiger partial charge is 0.472 e. The Labute approximate surface area is 707 Å². The van der Waals surface area contributed by atoms with Gasteiger partial charge in [0, 0.05) is 12.8 Å². The van der Waals surface area contributed by atoms with Crippen molar-refractivity contribution in [3.05, 3.63) is 24.3 Å². The smallest absolute Gasteiger partial charge is 0.462 e. The van der Waals surface area contributed by atoms with Crippen molar-refractivity contribution >= 4 is 19.8 Å². The first-order valence-electron chi connectivity index (χ1n) is 42.7. The Morgan fingerprint density at radius 3 is 1.00 bits per heavy atom. The van der Waals surface area contributed by atoms with Gasteiger partial charge in [-0.3, -0.25) is 18.6 Å². The molecule has 7 aliphatic rings. The van der Waals surface area contributed by atoms with Crippen LogP contribution in [0.1, 0.15) is 174 Å². The number of carbonyl (C=O) groups is 2. The van der Waals surface area contributed by atoms with Crippen LogP contribution in [0.15, 0.2) is 24.3 Å². The van der Waals surface area contributed by atoms with Gasteiger partial charge in [0.1, 0.15) is 190 Å². The number of phosphoric ester groups is 1. The number of hydrogen-bond donors (Lipinski definition) is 24. The molecule has 6 aliphatic heterocycles. The molecule has 24 N–H and O–H groups in total. The molecule has 0 radical (unpaired) electrons. The first kappa shape index (κ1) is 106. The number of aliphatic hydroxyl groups is 23. The molecular formula is C78H137O43P. The molecule has 1 aliphatic carbocycles. The summed E-state index contributed by atoms with van der Waals surface area (Å²) in [7, 11) is -5.89. The van der Waals surface area contributed by atoms with Crippen LogP contribution in [0, 0.1) is 0 Å². The number of hydrogen-bond acceptors (Lipinski definition) is 42. The van der Waals surface area contributed by atoms with Crippen molar-refractivity contribution < 1.29 is 212 Å². The summed E-state index contributed by atoms with van der Waals surface area (Å²) in [5.41, 5.74) is 0. The first-order valence-corrected chi connectivity index (χ1v) is 44.2. The molecule has 16 unspecified atom stereocenters. The van der Waals surface area contributed by atoms with Gasteiger partial charge in [-0.2, -0.15) is 0 Å². The average Bonchev–Trinajstić information content (AvgIpc) is 0.761. The van der Waals surface area contributed by atoms with E-state index >= 15 is 0 Å². The van der Waals surface area contributed by atoms with Gasteiger partial charge in [0.2, 0.25) is 0 Å². The number of rotatable bonds is 53. The molecule has 6 saturated heterocycles. The molecule has 0 amide bonds. The zero-order valence-electron chi connectivity index (χ0n) is 68.9. The lowest BCUT2D eigenvalue weighted by Gasteiger charge is -2.49. The highest BCUT2D eigenvalue weighted by Crippen LogP contribution is 2.49. The summed E-state index contributed by atoms with van der Waals surface area (Å²) in [6.45, 7) is -3.01. The van der Waals surface area contributed by atoms with Crippen LogP contribution in [0.25, 0.3) is 0 Å². The molecule has 122 heavy (non-hydrogen) atoms. The van der Waals surface area contributed by atoms with Crippen molar-refractivity contribution in [2.24, 2.45) is 0 Å². The Balaban J connectivity index is 1.01. The molecule has 43 nitrogen and oxygen atoms in total. The minimum absolute atomic E-state index is 0.0343. The summed E-state index contributed by atoms with van der Waals surface area (Å²) < 4.78 is 104. The van der Waals surface area contributed by atoms with E-state index in [9.17, 15) is 136 Å². The fourth-order valence-electron chi connectivity index (χ4n) is 15.0. The van der Waals surface area contributed by atoms with E-state index < -0.39 is 300 Å². The quantitative estimate of drug-likeness (QED) is 0.0117. The van der Waals surface area contributed by atoms with Gasteiger partial charge in [-0.1, -0.05) is 147 Å². The summed E-state index contributed by atoms with van der Waals surface area (Å²) >= 11 is 0. The van der Waals surface area contributed by atoms with Crippen molar-refractivity contribution in [2.75, 3.05) is 52.9 Å². The Morgan fingerprint density at radius 2 is 0.631 bits per heavy atom. The van der Waals surface area contributed by atoms with Gasteiger partial charge in [-0.15, -0.1) is 0 Å². The fraction of sp³-hybridized carbons (Fsp3) is 0.923. The van der Waals surface area contributed by atoms with Crippen LogP contribution in [-0.4, -0.2) is 414 Å². The lowest BCUT2D eigenvalue weighted by atomic mass is 9.84. The van der Waals surface area contributed by atoms with Gasteiger partial charge in [0.05, 0.1) is 46.2 Å². The molecular weight excluding hydrogens is 1660 g/mol. The molecule has 7 fully saturated rings. The molecule has 1 saturated carbocycles. The van der Waals surface area contributed by atoms with E-state index in [1.807, 2.05) is 0 Å². The van der Waals surface area contributed by atoms with Crippen LogP contribution in [0.4, 0.5) is 0 Å². The van der Waals surface area contributed by atoms with Gasteiger partial charge in [0.25, 0.3) is 0 Å². The van der Waals surface area contributed by atoms with Gasteiger partial charge in [-0.25, -0.2) is 4.57 Å². The number of phosphoric acid groups is 1. The van der Waals surface area contributed by atoms with Crippen LogP contribution in [0.3, 0.4) is 0 Å². The number of esters is 2. The summed E-state index contributed by atoms with van der Waals surface area (Å²) in [4.78, 5) is 38.4. The molecule has 0 aromatic heterocycles. The lowest BCUT2D eigenvalue weighted by Crippen LogP contribution is -2.69. The van der Waals surface area contributed by atoms with E-state index in [1.165, 1.54) is 44.9 Å². The highest BCUT2D eigenvalue weighted by atomic mass is 31.2. The standard InChI is InChI=1S/C78H137O43P/c1-3-5-7-9-11-13-15-17-19-20-22-24-26-28-30-47(81)106-34-40(112-48(82)31-29-27-25-23-21-18-16-14-12-10-8-6-4-2)35-111-122(104,105)121-72-70(119-77-68(102)56(90)50(84)42(33-80)114-77)62(96)61(95)63(97)71(72)120-78-69(103)60(94)54(88)46(118-78)39-110-76-67(101)59(93)53(87)45(117-76)38-109-75-66(100)58(92)52(86)44(116-75)37-108-74-65(99)57(91)51(85)43(115-74)36-107-73-64(98)55(89)49(83)41(32-79)113-73/h8,10,14,16,40-46,49-80,83-103H,3-7,9,11-13,15,17-39H2,1-2H3,(H,104,105)/b10-8-,16-14-/t40-,41?,42?,43?,44?,45?,46?,49+,50-,51+,52+,53+,54+,55?,56?,57?,58?,59?,60?,61+,62?,63?,64+,65+,66+,67+,68-,69+,70-,71?,72+,73-,74-,75-,76-,77-,78+/m1/s1. The van der Waals surface area contributed by atoms with Crippen LogP contribution in [0.2, 0.25) is 0 Å². The normalized spacial score (nSPS) is 40.0. The minimum atomic E-state index is -5.89. The minimum Gasteiger partial charge on any atom is -0.462 e. The van der Waals surface area contributed by atoms with E-state index in [1.54, 1.807) is 0 Å². The van der Waals surface area contributed by atoms with Crippen LogP contribution in [0.5, 0.6) is 0 Å². The van der Waals surface area contributed by atoms with Crippen molar-refractivity contribution in [1.82, 2.24) is 0 Å². The number of unbranched alkanes of at least 4 members (excludes halogenated alkanes) is 19. The Hall–Kier alpha value is -2.87. The fourth-order valence-corrected chi connectivity index (χ4v) is 15.9. The van der Waals surface area contributed by atoms with Gasteiger partial charge >= 0.3 is 19.8 Å². The molecule has 7 rings (SSSR count). The van der Waals surface area contributed by atoms with Gasteiger partial charge < -0.3 is 189 Å². The molecule has 0 aromatic carbocycles. The predicted molar refractivity (Wildman–Crippen MR) is 412 cm³/mol. The summed E-state index contributed by atoms with van der Waals surface area (Å²) in [5, 5.41) is 250. The summed E-state index contributed by atoms with van der Waals surface area (Å²) in [6, 6.07) is 0. The van der Waals surface area contributed by atoms with Crippen molar-refractivity contribution in [3.63, 3.8) is 0 Å². The molecule has 6 heterocycles. The van der Waals surface area contributed by atoms with Crippen LogP contribution < -0.4 is 0 Å². The Bertz CT molecular complexity index is 3010. The molecule has 712 valence electrons. The maximum atomic E-state index is 14.5. The molecule has 0 spiro atoms. The summed E-state index contributed by atoms with van der Waals surface area (Å²) in [5.74, 6) is -1.52. The van der Waals surface area contributed by atoms with Gasteiger partial charge in [-0.05, 0) is 38.5 Å². The average molecular weight is 1790 g/mol. The molecule has 38 atom stereocenters. The summed E-state index contributed by atoms with van der Waals surface area (Å²) in [6.07, 6.45) is -46.5. The van der Waals surface area contributed by atoms with Crippen molar-refractivity contribution in [2.45, 2.75) is 401 Å². The maximum absolute atomic E-state index is 14.5. The maximum Gasteiger partial charge on any atom is 0.472 e. The zero-order chi connectivity index (χ0) is 89.5. The highest BCUT2D eigenvalue weighted by molar-refractivity contribution is 7.47. The molecule has 0 bridgehead atoms. The number of carbonyl (C=O) groups excluding carboxylic acids is 2. The van der Waals surface area contributed by atoms with Crippen LogP contribution >= 0.6 is 7.82 Å². The van der Waals surface area contributed by atoms with E-state index in [2.05, 4.69) is 38.2 Å². The third kappa shape index (κ3) is 31.4. The second kappa shape index (κ2) is 54.1. The number of ether oxygens (including phenoxy) is 14. The van der Waals surface area contributed by atoms with E-state index in [0.717, 1.165) is 77.0 Å². The Kier molecular flexibility index (Phi) is 47.1. The Morgan fingerprint density at radius 1 is 0.328 bits per heavy atom. The SMILES string of the molecule is CCC/C=C\C/C=C\CCCCCCCC(=O)O[C@H](COC(=O)CCCCCCCCCCCCCCCC)COP(=O)(O)O[C@@H]1C(O[C@@H]2OC(CO[C@@H]3OC(CO[C@@H]4OC(CO[C@@H]5OC(CO[C@@H]6OC(CO)[C@H](O)C(O)[C@@H]6O)[C@H](O)C(O)[C@@H]5O)[C@H](O)C(O)[C@@H]4O)[C@H](O)C(O)[C@@H]3O)[C@H](O)C(O)[C@@H]2O)C(O)[C@@H](O)C(O)[C@H]1O[C@H]1OC(CO)[C@@H](O)C(O)[C@H]1O. The topological polar surface area (TPSA) is 684 Å². The van der Waals surface area contributed by atoms with E-state index in [0.29, 0.717) is 25.7 Å². The second-order valence-corrected chi connectivity index (χ2v) is 33.6. The third-order valence-electron chi connectivity index (χ3n) is 22.6. The van der Waals surface area contributed by atoms with Crippen molar-refractivity contribution in [3.8, 4) is 0 Å². The first-order chi connectivity index (χ1) is 58.2. The van der Waals surface area contributed by atoms with Crippen molar-refractivity contribution in [1.29, 1.82) is 0 Å². The number of allylic oxidation sites excluding steroid dienone is 4. The number of aliphatic hydroxyl groups excluding tert-OH is 23. The van der Waals surface area contributed by atoms with Crippen LogP contribution in [-0.2, 0) is 89.5 Å². The highest BCUT2D eigenvalue weighted by Gasteiger charge is 2.60. The predicted octanol–water partition coefficient (Wildman–Crippen LogP) is -5.39. The second-order valence-electron chi connectivity index (χ2n) is 32.2. The zero-order valence-corrected chi connectivity index (χ0v) is 69.8. The molecule has 44 heteroatoms. The lowest BCUT2D eigenvalue weighted by molar-refractivity contribution is -0.365. The van der Waals surface area contributed by atoms with E-state index in [-0.39, 0.29) is 12.8 Å². The molecule has 0 aromatic rings. The monoisotopic (exact) mass is 1790 g/mol. The van der Waals surface area contributed by atoms with Gasteiger partial charge in [0.15, 0.2) is 43.8 Å².